The molecule has 0 rings (SSSR count). The minimum atomic E-state index is -3.19. The fraction of sp³-hybridized carbons (Fsp3) is 0.727. The third-order valence-electron chi connectivity index (χ3n) is 2.07. The second-order valence-corrected chi connectivity index (χ2v) is 5.59. The molecule has 0 heterocycles. The van der Waals surface area contributed by atoms with Gasteiger partial charge in [-0.25, -0.2) is 0 Å². The van der Waals surface area contributed by atoms with Crippen LogP contribution in [0.5, 0.6) is 0 Å². The minimum Gasteiger partial charge on any atom is -0.368 e. The van der Waals surface area contributed by atoms with Crippen LogP contribution in [0.1, 0.15) is 34.6 Å². The van der Waals surface area contributed by atoms with Gasteiger partial charge in [0.05, 0.1) is 0 Å². The Morgan fingerprint density at radius 3 is 1.69 bits per heavy atom. The van der Waals surface area contributed by atoms with E-state index in [1.165, 1.54) is 0 Å². The fourth-order valence-corrected chi connectivity index (χ4v) is 3.67. The summed E-state index contributed by atoms with van der Waals surface area (Å²) in [4.78, 5) is 12.2. The molecule has 0 saturated heterocycles. The molecule has 0 saturated carbocycles. The van der Waals surface area contributed by atoms with Crippen molar-refractivity contribution in [2.24, 2.45) is 0 Å². The summed E-state index contributed by atoms with van der Waals surface area (Å²) < 4.78 is 16.5. The van der Waals surface area contributed by atoms with Crippen LogP contribution < -0.4 is 0 Å². The predicted molar refractivity (Wildman–Crippen MR) is 65.1 cm³/mol. The lowest BCUT2D eigenvalue weighted by Gasteiger charge is -2.26. The molecular formula is C11H22O4Si. The Balaban J connectivity index is 5.06. The minimum absolute atomic E-state index is 0.138. The van der Waals surface area contributed by atoms with E-state index in [-0.39, 0.29) is 5.41 Å². The summed E-state index contributed by atoms with van der Waals surface area (Å²) in [6.07, 6.45) is 1.75. The lowest BCUT2D eigenvalue weighted by Crippen LogP contribution is -2.54. The normalized spacial score (nSPS) is 12.9. The molecule has 0 aliphatic carbocycles. The summed E-state index contributed by atoms with van der Waals surface area (Å²) in [5, 5.41) is -0.138. The van der Waals surface area contributed by atoms with Crippen LogP contribution in [0.25, 0.3) is 0 Å². The third kappa shape index (κ3) is 3.82. The van der Waals surface area contributed by atoms with Crippen LogP contribution >= 0.6 is 0 Å². The van der Waals surface area contributed by atoms with Gasteiger partial charge in [0.2, 0.25) is 5.41 Å². The highest BCUT2D eigenvalue weighted by atomic mass is 28.4. The van der Waals surface area contributed by atoms with Crippen molar-refractivity contribution in [1.82, 2.24) is 0 Å². The van der Waals surface area contributed by atoms with E-state index < -0.39 is 8.80 Å². The van der Waals surface area contributed by atoms with Gasteiger partial charge in [-0.2, -0.15) is 0 Å². The molecule has 0 aromatic carbocycles. The van der Waals surface area contributed by atoms with Gasteiger partial charge in [-0.15, -0.1) is 0 Å². The van der Waals surface area contributed by atoms with Crippen molar-refractivity contribution in [3.05, 3.63) is 11.6 Å². The molecule has 0 spiro atoms. The van der Waals surface area contributed by atoms with Crippen molar-refractivity contribution < 1.29 is 18.1 Å². The topological polar surface area (TPSA) is 44.8 Å². The van der Waals surface area contributed by atoms with Crippen LogP contribution in [0.4, 0.5) is 0 Å². The smallest absolute Gasteiger partial charge is 0.368 e. The maximum atomic E-state index is 12.2. The summed E-state index contributed by atoms with van der Waals surface area (Å²) >= 11 is 0. The summed E-state index contributed by atoms with van der Waals surface area (Å²) in [5.74, 6) is 0. The van der Waals surface area contributed by atoms with Gasteiger partial charge in [-0.1, -0.05) is 6.08 Å². The van der Waals surface area contributed by atoms with E-state index in [1.807, 2.05) is 27.7 Å². The average molecular weight is 246 g/mol. The standard InChI is InChI=1S/C11H22O4Si/c1-6-10(5)11(12)16(13-7-2,14-8-3)15-9-4/h6H,7-9H2,1-5H3/b10-6-. The van der Waals surface area contributed by atoms with E-state index in [9.17, 15) is 4.79 Å². The molecule has 0 radical (unpaired) electrons. The molecule has 0 unspecified atom stereocenters. The van der Waals surface area contributed by atoms with Crippen molar-refractivity contribution in [2.75, 3.05) is 19.8 Å². The molecule has 0 aliphatic heterocycles. The molecule has 0 atom stereocenters. The number of allylic oxidation sites excluding steroid dienone is 2. The SMILES string of the molecule is C/C=C(/C)C(=O)[Si](OCC)(OCC)OCC. The quantitative estimate of drug-likeness (QED) is 0.486. The Morgan fingerprint density at radius 2 is 1.44 bits per heavy atom. The molecule has 0 aliphatic rings. The molecule has 94 valence electrons. The zero-order valence-electron chi connectivity index (χ0n) is 10.8. The molecule has 0 amide bonds. The number of carbonyl (C=O) groups is 1. The van der Waals surface area contributed by atoms with Gasteiger partial charge in [0, 0.05) is 19.8 Å². The zero-order chi connectivity index (χ0) is 12.6. The predicted octanol–water partition coefficient (Wildman–Crippen LogP) is 2.11. The van der Waals surface area contributed by atoms with Crippen molar-refractivity contribution in [2.45, 2.75) is 34.6 Å². The van der Waals surface area contributed by atoms with Crippen LogP contribution in [0.2, 0.25) is 0 Å². The first kappa shape index (κ1) is 15.5. The first-order chi connectivity index (χ1) is 7.57. The molecule has 0 N–H and O–H groups in total. The van der Waals surface area contributed by atoms with Gasteiger partial charge in [0.15, 0.2) is 0 Å². The number of rotatable bonds is 8. The van der Waals surface area contributed by atoms with Gasteiger partial charge in [-0.3, -0.25) is 4.79 Å². The Labute approximate surface area is 99.0 Å². The molecule has 0 fully saturated rings. The Kier molecular flexibility index (Phi) is 7.49. The maximum absolute atomic E-state index is 12.2. The van der Waals surface area contributed by atoms with E-state index in [0.29, 0.717) is 25.4 Å². The molecule has 0 aromatic rings. The van der Waals surface area contributed by atoms with Gasteiger partial charge in [0.1, 0.15) is 0 Å². The highest BCUT2D eigenvalue weighted by molar-refractivity contribution is 6.94. The van der Waals surface area contributed by atoms with Gasteiger partial charge in [-0.05, 0) is 40.2 Å². The lowest BCUT2D eigenvalue weighted by molar-refractivity contribution is -0.116. The van der Waals surface area contributed by atoms with Crippen LogP contribution in [0.3, 0.4) is 0 Å². The van der Waals surface area contributed by atoms with E-state index >= 15 is 0 Å². The van der Waals surface area contributed by atoms with Crippen LogP contribution in [-0.4, -0.2) is 34.0 Å². The van der Waals surface area contributed by atoms with E-state index in [0.717, 1.165) is 0 Å². The van der Waals surface area contributed by atoms with Gasteiger partial charge >= 0.3 is 8.80 Å². The molecule has 0 bridgehead atoms. The largest absolute Gasteiger partial charge is 0.579 e. The Bertz CT molecular complexity index is 233. The summed E-state index contributed by atoms with van der Waals surface area (Å²) in [5.41, 5.74) is 0.627. The van der Waals surface area contributed by atoms with E-state index in [1.54, 1.807) is 13.0 Å². The second kappa shape index (κ2) is 7.73. The second-order valence-electron chi connectivity index (χ2n) is 3.16. The van der Waals surface area contributed by atoms with Crippen LogP contribution in [-0.2, 0) is 18.1 Å². The van der Waals surface area contributed by atoms with Gasteiger partial charge in [0.25, 0.3) is 0 Å². The summed E-state index contributed by atoms with van der Waals surface area (Å²) in [7, 11) is -3.19. The zero-order valence-corrected chi connectivity index (χ0v) is 11.8. The lowest BCUT2D eigenvalue weighted by atomic mass is 10.3. The highest BCUT2D eigenvalue weighted by Crippen LogP contribution is 2.16. The summed E-state index contributed by atoms with van der Waals surface area (Å²) in [6.45, 7) is 10.3. The monoisotopic (exact) mass is 246 g/mol. The van der Waals surface area contributed by atoms with Gasteiger partial charge < -0.3 is 13.3 Å². The number of hydrogen-bond donors (Lipinski definition) is 0. The molecule has 4 nitrogen and oxygen atoms in total. The average Bonchev–Trinajstić information content (AvgIpc) is 2.28. The molecule has 0 aromatic heterocycles. The van der Waals surface area contributed by atoms with E-state index in [2.05, 4.69) is 0 Å². The Morgan fingerprint density at radius 1 is 1.06 bits per heavy atom. The maximum Gasteiger partial charge on any atom is 0.579 e. The first-order valence-corrected chi connectivity index (χ1v) is 7.39. The highest BCUT2D eigenvalue weighted by Gasteiger charge is 2.50. The fourth-order valence-electron chi connectivity index (χ4n) is 1.26. The molecular weight excluding hydrogens is 224 g/mol. The van der Waals surface area contributed by atoms with E-state index in [4.69, 9.17) is 13.3 Å². The molecule has 5 heteroatoms. The van der Waals surface area contributed by atoms with Crippen molar-refractivity contribution in [3.8, 4) is 0 Å². The number of hydrogen-bond acceptors (Lipinski definition) is 4. The summed E-state index contributed by atoms with van der Waals surface area (Å²) in [6, 6.07) is 0. The van der Waals surface area contributed by atoms with Crippen molar-refractivity contribution >= 4 is 14.2 Å². The molecule has 16 heavy (non-hydrogen) atoms. The third-order valence-corrected chi connectivity index (χ3v) is 5.03. The van der Waals surface area contributed by atoms with Crippen LogP contribution in [0.15, 0.2) is 11.6 Å². The van der Waals surface area contributed by atoms with Crippen LogP contribution in [0, 0.1) is 0 Å². The van der Waals surface area contributed by atoms with Crippen molar-refractivity contribution in [3.63, 3.8) is 0 Å². The van der Waals surface area contributed by atoms with Crippen molar-refractivity contribution in [1.29, 1.82) is 0 Å². The first-order valence-electron chi connectivity index (χ1n) is 5.67. The Hall–Kier alpha value is -0.493. The number of carbonyl (C=O) groups excluding carboxylic acids is 1.